The first-order valence-electron chi connectivity index (χ1n) is 35.4. The number of hydrogen-bond donors (Lipinski definition) is 16. The molecule has 1 aliphatic heterocycles. The predicted molar refractivity (Wildman–Crippen MR) is 396 cm³/mol. The fourth-order valence-corrected chi connectivity index (χ4v) is 12.2. The molecular formula is C77H99N15O13. The van der Waals surface area contributed by atoms with Crippen LogP contribution in [-0.4, -0.2) is 179 Å². The van der Waals surface area contributed by atoms with Gasteiger partial charge in [0, 0.05) is 58.2 Å². The molecule has 10 atom stereocenters. The second kappa shape index (κ2) is 41.1. The van der Waals surface area contributed by atoms with E-state index < -0.39 is 132 Å². The second-order valence-corrected chi connectivity index (χ2v) is 26.6. The van der Waals surface area contributed by atoms with Crippen LogP contribution in [0.4, 0.5) is 0 Å². The third kappa shape index (κ3) is 26.5. The Morgan fingerprint density at radius 1 is 0.467 bits per heavy atom. The van der Waals surface area contributed by atoms with Gasteiger partial charge in [0.1, 0.15) is 66.2 Å². The number of nitrogens with zero attached hydrogens (tertiary/aromatic N) is 1. The number of aliphatic hydroxyl groups excluding tert-OH is 1. The summed E-state index contributed by atoms with van der Waals surface area (Å²) < 4.78 is 0. The zero-order chi connectivity index (χ0) is 76.0. The number of benzene rings is 6. The molecular weight excluding hydrogens is 1340 g/mol. The lowest BCUT2D eigenvalue weighted by atomic mass is 9.99. The predicted octanol–water partition coefficient (Wildman–Crippen LogP) is 1.36. The number of amides is 11. The number of hydrogen-bond acceptors (Lipinski definition) is 15. The molecule has 560 valence electrons. The normalized spacial score (nSPS) is 15.1. The maximum absolute atomic E-state index is 15.0. The first-order valence-corrected chi connectivity index (χ1v) is 35.4. The van der Waals surface area contributed by atoms with Gasteiger partial charge in [-0.3, -0.25) is 58.1 Å². The molecule has 105 heavy (non-hydrogen) atoms. The van der Waals surface area contributed by atoms with Crippen molar-refractivity contribution in [2.75, 3.05) is 26.2 Å². The van der Waals surface area contributed by atoms with E-state index in [0.29, 0.717) is 48.1 Å². The third-order valence-electron chi connectivity index (χ3n) is 17.8. The smallest absolute Gasteiger partial charge is 0.245 e. The topological polar surface area (TPSA) is 440 Å². The minimum Gasteiger partial charge on any atom is -0.508 e. The van der Waals surface area contributed by atoms with Crippen LogP contribution in [0.2, 0.25) is 0 Å². The van der Waals surface area contributed by atoms with Crippen LogP contribution >= 0.6 is 0 Å². The molecule has 1 fully saturated rings. The summed E-state index contributed by atoms with van der Waals surface area (Å²) in [5, 5.41) is 61.3. The van der Waals surface area contributed by atoms with Crippen LogP contribution in [-0.2, 0) is 84.8 Å². The Balaban J connectivity index is 1.14. The molecule has 6 aromatic rings. The highest BCUT2D eigenvalue weighted by Gasteiger charge is 2.40. The number of carbonyl (C=O) groups excluding carboxylic acids is 11. The van der Waals surface area contributed by atoms with Crippen molar-refractivity contribution >= 4 is 81.7 Å². The molecule has 7 rings (SSSR count). The van der Waals surface area contributed by atoms with E-state index in [9.17, 15) is 53.4 Å². The number of phenolic OH excluding ortho intramolecular Hbond substituents is 1. The molecule has 1 aliphatic rings. The van der Waals surface area contributed by atoms with E-state index in [1.807, 2.05) is 56.3 Å². The van der Waals surface area contributed by atoms with Gasteiger partial charge in [-0.25, -0.2) is 0 Å². The summed E-state index contributed by atoms with van der Waals surface area (Å²) in [6, 6.07) is 31.7. The summed E-state index contributed by atoms with van der Waals surface area (Å²) in [6.45, 7) is 6.45. The Hall–Kier alpha value is -11.3. The van der Waals surface area contributed by atoms with Crippen molar-refractivity contribution in [3.63, 3.8) is 0 Å². The second-order valence-electron chi connectivity index (χ2n) is 26.6. The van der Waals surface area contributed by atoms with Crippen molar-refractivity contribution in [2.45, 2.75) is 171 Å². The molecule has 18 N–H and O–H groups in total. The van der Waals surface area contributed by atoms with Gasteiger partial charge in [-0.2, -0.15) is 0 Å². The number of fused-ring (bicyclic) bond motifs is 1. The molecule has 10 unspecified atom stereocenters. The van der Waals surface area contributed by atoms with Gasteiger partial charge in [0.25, 0.3) is 0 Å². The molecule has 28 heteroatoms. The number of nitrogens with one attached hydrogen (secondary N) is 12. The zero-order valence-electron chi connectivity index (χ0n) is 59.7. The molecule has 6 aromatic carbocycles. The van der Waals surface area contributed by atoms with Crippen molar-refractivity contribution in [2.24, 2.45) is 11.5 Å². The number of likely N-dealkylation sites (tertiary alicyclic amines) is 1. The first kappa shape index (κ1) is 81.0. The molecule has 0 aliphatic carbocycles. The lowest BCUT2D eigenvalue weighted by Gasteiger charge is -2.31. The minimum atomic E-state index is -1.81. The molecule has 1 saturated heterocycles. The summed E-state index contributed by atoms with van der Waals surface area (Å²) in [5.41, 5.74) is 14.0. The fraction of sp³-hybridized carbons (Fsp3) is 0.403. The van der Waals surface area contributed by atoms with Crippen LogP contribution in [0.25, 0.3) is 10.8 Å². The highest BCUT2D eigenvalue weighted by Crippen LogP contribution is 2.22. The van der Waals surface area contributed by atoms with Gasteiger partial charge in [-0.05, 0) is 109 Å². The maximum Gasteiger partial charge on any atom is 0.245 e. The number of phenols is 1. The number of rotatable bonds is 40. The Labute approximate surface area is 611 Å². The van der Waals surface area contributed by atoms with Crippen LogP contribution < -0.4 is 70.0 Å². The first-order chi connectivity index (χ1) is 50.3. The molecule has 1 heterocycles. The Kier molecular flexibility index (Phi) is 31.8. The molecule has 0 bridgehead atoms. The molecule has 0 saturated carbocycles. The maximum atomic E-state index is 15.0. The average molecular weight is 1440 g/mol. The van der Waals surface area contributed by atoms with Gasteiger partial charge >= 0.3 is 0 Å². The summed E-state index contributed by atoms with van der Waals surface area (Å²) in [6.07, 6.45) is 1.26. The van der Waals surface area contributed by atoms with Crippen LogP contribution in [0.1, 0.15) is 100 Å². The number of aromatic hydroxyl groups is 1. The summed E-state index contributed by atoms with van der Waals surface area (Å²) in [5.74, 6) is -9.11. The summed E-state index contributed by atoms with van der Waals surface area (Å²) >= 11 is 0. The molecule has 28 nitrogen and oxygen atoms in total. The average Bonchev–Trinajstić information content (AvgIpc) is 1.77. The number of primary amides is 1. The summed E-state index contributed by atoms with van der Waals surface area (Å²) in [7, 11) is 0. The number of unbranched alkanes of at least 4 members (excludes halogenated alkanes) is 1. The molecule has 11 amide bonds. The van der Waals surface area contributed by atoms with Gasteiger partial charge in [-0.15, -0.1) is 0 Å². The number of guanidine groups is 1. The number of nitrogens with two attached hydrogens (primary N) is 2. The van der Waals surface area contributed by atoms with Gasteiger partial charge in [-0.1, -0.05) is 159 Å². The van der Waals surface area contributed by atoms with E-state index in [4.69, 9.17) is 16.9 Å². The lowest BCUT2D eigenvalue weighted by molar-refractivity contribution is -0.142. The van der Waals surface area contributed by atoms with E-state index in [1.54, 1.807) is 91.0 Å². The van der Waals surface area contributed by atoms with Gasteiger partial charge in [0.15, 0.2) is 5.96 Å². The van der Waals surface area contributed by atoms with E-state index >= 15 is 9.59 Å². The van der Waals surface area contributed by atoms with Gasteiger partial charge < -0.3 is 85.1 Å². The standard InChI is InChI=1S/C77H99N15O13/c1-47(2)81-37-17-16-28-59(76(105)92-39-19-30-66(92)75(104)83-48(3)67(78)96)86-71(100)61(41-50-20-8-5-9-21-50)87-68(97)58(29-18-38-82-77(79)80)85-70(99)64(44-53-32-35-57(95)36-33-53)90-74(103)65(46-93)91-73(102)63(43-52-24-12-7-13-25-52)89-72(101)62(42-51-22-10-6-11-23-51)88-69(98)60(84-49(4)94)45-54-31-34-55-26-14-15-27-56(55)40-54/h5-15,20-27,31-36,40,47-48,58-66,81,93,95H,16-19,28-30,37-39,41-46H2,1-4H3,(H2,78,96)(H,83,104)(H,84,94)(H,85,99)(H,86,100)(H,87,97)(H,88,98)(H,89,101)(H,90,103)(H,91,102)(H4,79,80,82). The summed E-state index contributed by atoms with van der Waals surface area (Å²) in [4.78, 5) is 158. The van der Waals surface area contributed by atoms with E-state index in [-0.39, 0.29) is 88.6 Å². The highest BCUT2D eigenvalue weighted by molar-refractivity contribution is 5.99. The minimum absolute atomic E-state index is 0.0434. The lowest BCUT2D eigenvalue weighted by Crippen LogP contribution is -2.61. The van der Waals surface area contributed by atoms with E-state index in [2.05, 4.69) is 58.5 Å². The highest BCUT2D eigenvalue weighted by atomic mass is 16.3. The van der Waals surface area contributed by atoms with Crippen molar-refractivity contribution in [3.8, 4) is 5.75 Å². The van der Waals surface area contributed by atoms with E-state index in [0.717, 1.165) is 16.3 Å². The van der Waals surface area contributed by atoms with Crippen molar-refractivity contribution < 1.29 is 63.0 Å². The SMILES string of the molecule is CC(=O)NC(Cc1ccc2ccccc2c1)C(=O)NC(Cc1ccccc1)C(=O)NC(Cc1ccccc1)C(=O)NC(CO)C(=O)NC(Cc1ccc(O)cc1)C(=O)NC(CCCNC(=N)N)C(=O)NC(Cc1ccccc1)C(=O)NC(CCCCNC(C)C)C(=O)N1CCCC1C(=O)NC(C)C(N)=O. The Morgan fingerprint density at radius 2 is 0.876 bits per heavy atom. The van der Waals surface area contributed by atoms with Crippen molar-refractivity contribution in [1.82, 2.24) is 63.4 Å². The van der Waals surface area contributed by atoms with Crippen molar-refractivity contribution in [3.05, 3.63) is 186 Å². The Bertz CT molecular complexity index is 3930. The third-order valence-corrected chi connectivity index (χ3v) is 17.8. The molecule has 0 radical (unpaired) electrons. The molecule has 0 aromatic heterocycles. The van der Waals surface area contributed by atoms with Gasteiger partial charge in [0.05, 0.1) is 6.61 Å². The van der Waals surface area contributed by atoms with Gasteiger partial charge in [0.2, 0.25) is 65.0 Å². The van der Waals surface area contributed by atoms with Crippen molar-refractivity contribution in [1.29, 1.82) is 5.41 Å². The number of carbonyl (C=O) groups is 11. The van der Waals surface area contributed by atoms with Crippen LogP contribution in [0.15, 0.2) is 158 Å². The Morgan fingerprint density at radius 3 is 1.35 bits per heavy atom. The fourth-order valence-electron chi connectivity index (χ4n) is 12.2. The zero-order valence-corrected chi connectivity index (χ0v) is 59.7. The van der Waals surface area contributed by atoms with E-state index in [1.165, 1.54) is 43.0 Å². The van der Waals surface area contributed by atoms with Crippen LogP contribution in [0, 0.1) is 5.41 Å². The monoisotopic (exact) mass is 1440 g/mol. The molecule has 0 spiro atoms. The van der Waals surface area contributed by atoms with Crippen LogP contribution in [0.3, 0.4) is 0 Å². The number of aliphatic hydroxyl groups is 1. The van der Waals surface area contributed by atoms with Crippen LogP contribution in [0.5, 0.6) is 5.75 Å². The quantitative estimate of drug-likeness (QED) is 0.0147. The largest absolute Gasteiger partial charge is 0.508 e.